The molecule has 27 heavy (non-hydrogen) atoms. The normalized spacial score (nSPS) is 12.5. The minimum absolute atomic E-state index is 0.129. The fourth-order valence-electron chi connectivity index (χ4n) is 2.87. The van der Waals surface area contributed by atoms with Crippen LogP contribution in [0.1, 0.15) is 31.5 Å². The summed E-state index contributed by atoms with van der Waals surface area (Å²) in [6.07, 6.45) is 0. The van der Waals surface area contributed by atoms with Crippen LogP contribution in [-0.2, 0) is 6.54 Å². The van der Waals surface area contributed by atoms with E-state index in [1.807, 2.05) is 46.1 Å². The number of nitrogens with zero attached hydrogens (tertiary/aromatic N) is 6. The van der Waals surface area contributed by atoms with E-state index in [9.17, 15) is 4.79 Å². The zero-order valence-corrected chi connectivity index (χ0v) is 16.0. The summed E-state index contributed by atoms with van der Waals surface area (Å²) >= 11 is 0. The summed E-state index contributed by atoms with van der Waals surface area (Å²) in [7, 11) is 3.70. The van der Waals surface area contributed by atoms with Crippen LogP contribution in [0.3, 0.4) is 0 Å². The average molecular weight is 368 g/mol. The predicted molar refractivity (Wildman–Crippen MR) is 105 cm³/mol. The molecule has 0 fully saturated rings. The number of hydrogen-bond donors (Lipinski definition) is 2. The lowest BCUT2D eigenvalue weighted by molar-refractivity contribution is 0.200. The number of anilines is 2. The molecule has 0 saturated heterocycles. The SMILES string of the molecule is CCN(Cc1nc2ccccc2c(=O)[nH]1)C(C)c1nc(N)nc(N(C)C)n1. The highest BCUT2D eigenvalue weighted by molar-refractivity contribution is 5.77. The Bertz CT molecular complexity index is 1000. The molecule has 0 aliphatic heterocycles. The molecule has 0 radical (unpaired) electrons. The third-order valence-corrected chi connectivity index (χ3v) is 4.40. The van der Waals surface area contributed by atoms with Crippen LogP contribution in [0.5, 0.6) is 0 Å². The fraction of sp³-hybridized carbons (Fsp3) is 0.389. The second-order valence-corrected chi connectivity index (χ2v) is 6.52. The molecule has 142 valence electrons. The first-order chi connectivity index (χ1) is 12.9. The predicted octanol–water partition coefficient (Wildman–Crippen LogP) is 1.34. The third-order valence-electron chi connectivity index (χ3n) is 4.40. The molecule has 3 rings (SSSR count). The van der Waals surface area contributed by atoms with Gasteiger partial charge in [-0.15, -0.1) is 0 Å². The molecule has 1 aromatic carbocycles. The van der Waals surface area contributed by atoms with Crippen molar-refractivity contribution in [1.29, 1.82) is 0 Å². The summed E-state index contributed by atoms with van der Waals surface area (Å²) in [5.74, 6) is 1.87. The molecular weight excluding hydrogens is 344 g/mol. The smallest absolute Gasteiger partial charge is 0.258 e. The maximum Gasteiger partial charge on any atom is 0.258 e. The molecular formula is C18H24N8O. The van der Waals surface area contributed by atoms with Gasteiger partial charge in [-0.2, -0.15) is 15.0 Å². The summed E-state index contributed by atoms with van der Waals surface area (Å²) < 4.78 is 0. The lowest BCUT2D eigenvalue weighted by Gasteiger charge is -2.26. The van der Waals surface area contributed by atoms with Gasteiger partial charge in [0.05, 0.1) is 23.5 Å². The molecule has 1 unspecified atom stereocenters. The maximum atomic E-state index is 12.3. The molecule has 2 aromatic heterocycles. The van der Waals surface area contributed by atoms with E-state index < -0.39 is 0 Å². The van der Waals surface area contributed by atoms with Crippen LogP contribution < -0.4 is 16.2 Å². The second kappa shape index (κ2) is 7.67. The third kappa shape index (κ3) is 4.03. The van der Waals surface area contributed by atoms with E-state index >= 15 is 0 Å². The van der Waals surface area contributed by atoms with Crippen molar-refractivity contribution in [2.45, 2.75) is 26.4 Å². The van der Waals surface area contributed by atoms with Gasteiger partial charge in [-0.05, 0) is 25.6 Å². The summed E-state index contributed by atoms with van der Waals surface area (Å²) in [4.78, 5) is 36.6. The molecule has 9 heteroatoms. The van der Waals surface area contributed by atoms with Crippen molar-refractivity contribution in [1.82, 2.24) is 29.8 Å². The van der Waals surface area contributed by atoms with Gasteiger partial charge in [-0.1, -0.05) is 19.1 Å². The molecule has 0 amide bonds. The lowest BCUT2D eigenvalue weighted by Crippen LogP contribution is -2.30. The van der Waals surface area contributed by atoms with Crippen molar-refractivity contribution in [2.75, 3.05) is 31.3 Å². The maximum absolute atomic E-state index is 12.3. The standard InChI is InChI=1S/C18H24N8O/c1-5-26(11(2)15-22-17(19)24-18(23-15)25(3)4)10-14-20-13-9-7-6-8-12(13)16(27)21-14/h6-9,11H,5,10H2,1-4H3,(H,20,21,27)(H2,19,22,23,24). The van der Waals surface area contributed by atoms with E-state index in [0.717, 1.165) is 6.54 Å². The van der Waals surface area contributed by atoms with Gasteiger partial charge in [-0.25, -0.2) is 4.98 Å². The van der Waals surface area contributed by atoms with Gasteiger partial charge in [0.1, 0.15) is 5.82 Å². The van der Waals surface area contributed by atoms with Crippen molar-refractivity contribution in [3.63, 3.8) is 0 Å². The highest BCUT2D eigenvalue weighted by Gasteiger charge is 2.20. The van der Waals surface area contributed by atoms with Crippen molar-refractivity contribution >= 4 is 22.8 Å². The van der Waals surface area contributed by atoms with Crippen molar-refractivity contribution < 1.29 is 0 Å². The number of H-pyrrole nitrogens is 1. The molecule has 0 aliphatic rings. The average Bonchev–Trinajstić information content (AvgIpc) is 2.65. The van der Waals surface area contributed by atoms with Crippen molar-refractivity contribution in [2.24, 2.45) is 0 Å². The van der Waals surface area contributed by atoms with E-state index in [1.54, 1.807) is 11.0 Å². The number of benzene rings is 1. The van der Waals surface area contributed by atoms with Crippen LogP contribution in [0.25, 0.3) is 10.9 Å². The summed E-state index contributed by atoms with van der Waals surface area (Å²) in [5, 5.41) is 0.582. The minimum Gasteiger partial charge on any atom is -0.368 e. The van der Waals surface area contributed by atoms with Crippen LogP contribution in [-0.4, -0.2) is 50.5 Å². The Labute approximate surface area is 157 Å². The summed E-state index contributed by atoms with van der Waals surface area (Å²) in [5.41, 5.74) is 6.38. The second-order valence-electron chi connectivity index (χ2n) is 6.52. The van der Waals surface area contributed by atoms with Crippen molar-refractivity contribution in [3.8, 4) is 0 Å². The molecule has 0 saturated carbocycles. The first kappa shape index (κ1) is 18.7. The molecule has 3 N–H and O–H groups in total. The first-order valence-electron chi connectivity index (χ1n) is 8.79. The Kier molecular flexibility index (Phi) is 5.31. The number of nitrogens with one attached hydrogen (secondary N) is 1. The number of nitrogen functional groups attached to an aromatic ring is 1. The Morgan fingerprint density at radius 1 is 1.15 bits per heavy atom. The number of fused-ring (bicyclic) bond motifs is 1. The number of aromatic amines is 1. The van der Waals surface area contributed by atoms with Crippen LogP contribution in [0, 0.1) is 0 Å². The molecule has 3 aromatic rings. The number of hydrogen-bond acceptors (Lipinski definition) is 8. The van der Waals surface area contributed by atoms with E-state index in [1.165, 1.54) is 0 Å². The summed E-state index contributed by atoms with van der Waals surface area (Å²) in [6, 6.07) is 7.17. The quantitative estimate of drug-likeness (QED) is 0.669. The zero-order valence-electron chi connectivity index (χ0n) is 16.0. The first-order valence-corrected chi connectivity index (χ1v) is 8.79. The topological polar surface area (TPSA) is 117 Å². The summed E-state index contributed by atoms with van der Waals surface area (Å²) in [6.45, 7) is 5.21. The van der Waals surface area contributed by atoms with Gasteiger partial charge < -0.3 is 15.6 Å². The molecule has 0 bridgehead atoms. The molecule has 9 nitrogen and oxygen atoms in total. The highest BCUT2D eigenvalue weighted by atomic mass is 16.1. The largest absolute Gasteiger partial charge is 0.368 e. The Hall–Kier alpha value is -3.07. The number of rotatable bonds is 6. The highest BCUT2D eigenvalue weighted by Crippen LogP contribution is 2.20. The van der Waals surface area contributed by atoms with Crippen LogP contribution in [0.15, 0.2) is 29.1 Å². The minimum atomic E-state index is -0.140. The Morgan fingerprint density at radius 3 is 2.59 bits per heavy atom. The molecule has 0 aliphatic carbocycles. The van der Waals surface area contributed by atoms with Crippen LogP contribution in [0.2, 0.25) is 0 Å². The lowest BCUT2D eigenvalue weighted by atomic mass is 10.2. The van der Waals surface area contributed by atoms with E-state index in [2.05, 4.69) is 29.8 Å². The van der Waals surface area contributed by atoms with Gasteiger partial charge in [0.2, 0.25) is 11.9 Å². The monoisotopic (exact) mass is 368 g/mol. The molecule has 2 heterocycles. The van der Waals surface area contributed by atoms with Gasteiger partial charge in [0.15, 0.2) is 5.82 Å². The van der Waals surface area contributed by atoms with E-state index in [4.69, 9.17) is 5.73 Å². The van der Waals surface area contributed by atoms with Crippen LogP contribution in [0.4, 0.5) is 11.9 Å². The zero-order chi connectivity index (χ0) is 19.6. The number of para-hydroxylation sites is 1. The molecule has 1 atom stereocenters. The van der Waals surface area contributed by atoms with E-state index in [0.29, 0.717) is 35.0 Å². The van der Waals surface area contributed by atoms with Gasteiger partial charge in [0.25, 0.3) is 5.56 Å². The van der Waals surface area contributed by atoms with Gasteiger partial charge in [0, 0.05) is 14.1 Å². The number of nitrogens with two attached hydrogens (primary N) is 1. The Balaban J connectivity index is 1.90. The Morgan fingerprint density at radius 2 is 1.89 bits per heavy atom. The fourth-order valence-corrected chi connectivity index (χ4v) is 2.87. The van der Waals surface area contributed by atoms with Gasteiger partial charge in [-0.3, -0.25) is 9.69 Å². The molecule has 0 spiro atoms. The van der Waals surface area contributed by atoms with E-state index in [-0.39, 0.29) is 17.5 Å². The van der Waals surface area contributed by atoms with Crippen LogP contribution >= 0.6 is 0 Å². The number of aromatic nitrogens is 5. The van der Waals surface area contributed by atoms with Crippen molar-refractivity contribution in [3.05, 3.63) is 46.3 Å². The van der Waals surface area contributed by atoms with Gasteiger partial charge >= 0.3 is 0 Å².